The maximum Gasteiger partial charge on any atom is 0.0711 e. The number of benzene rings is 12. The summed E-state index contributed by atoms with van der Waals surface area (Å²) < 4.78 is 0. The number of para-hydroxylation sites is 6. The average Bonchev–Trinajstić information content (AvgIpc) is 0.763. The van der Waals surface area contributed by atoms with Gasteiger partial charge in [0.05, 0.1) is 67.3 Å². The number of nitrogens with zero attached hydrogens (tertiary/aromatic N) is 6. The van der Waals surface area contributed by atoms with Gasteiger partial charge in [0.2, 0.25) is 0 Å². The van der Waals surface area contributed by atoms with Crippen molar-refractivity contribution in [2.24, 2.45) is 35.5 Å². The van der Waals surface area contributed by atoms with E-state index in [1.54, 1.807) is 0 Å². The quantitative estimate of drug-likeness (QED) is 0.134. The molecule has 6 heteroatoms. The van der Waals surface area contributed by atoms with Crippen LogP contribution in [0.4, 0.5) is 0 Å². The van der Waals surface area contributed by atoms with E-state index < -0.39 is 0 Å². The van der Waals surface area contributed by atoms with Crippen LogP contribution in [0.3, 0.4) is 0 Å². The molecule has 6 heterocycles. The number of pyridine rings is 6. The third-order valence-corrected chi connectivity index (χ3v) is 27.2. The minimum absolute atomic E-state index is 0.208. The second kappa shape index (κ2) is 26.3. The van der Waals surface area contributed by atoms with Gasteiger partial charge in [0.15, 0.2) is 0 Å². The molecule has 0 bridgehead atoms. The van der Waals surface area contributed by atoms with Gasteiger partial charge in [-0.1, -0.05) is 255 Å². The first-order chi connectivity index (χ1) is 53.5. The Hall–Kier alpha value is -11.3. The number of rotatable bonds is 9. The minimum Gasteiger partial charge on any atom is -0.252 e. The highest BCUT2D eigenvalue weighted by atomic mass is 14.8. The van der Waals surface area contributed by atoms with Crippen LogP contribution in [-0.4, -0.2) is 29.9 Å². The molecule has 0 amide bonds. The predicted octanol–water partition coefficient (Wildman–Crippen LogP) is 26.3. The molecule has 4 aliphatic carbocycles. The Bertz CT molecular complexity index is 5970. The zero-order valence-corrected chi connectivity index (χ0v) is 60.8. The molecule has 18 aromatic rings. The molecule has 22 rings (SSSR count). The normalized spacial score (nSPS) is 23.7. The predicted molar refractivity (Wildman–Crippen MR) is 448 cm³/mol. The van der Waals surface area contributed by atoms with Gasteiger partial charge in [0, 0.05) is 100 Å². The lowest BCUT2D eigenvalue weighted by atomic mass is 9.56. The molecule has 10 atom stereocenters. The third kappa shape index (κ3) is 10.8. The van der Waals surface area contributed by atoms with Gasteiger partial charge in [-0.05, 0) is 181 Å². The molecule has 0 aliphatic heterocycles. The maximum absolute atomic E-state index is 5.96. The number of fused-ring (bicyclic) bond motifs is 18. The topological polar surface area (TPSA) is 77.3 Å². The first-order valence-electron chi connectivity index (χ1n) is 40.1. The summed E-state index contributed by atoms with van der Waals surface area (Å²) in [6.45, 7) is 0. The van der Waals surface area contributed by atoms with E-state index in [4.69, 9.17) is 29.9 Å². The van der Waals surface area contributed by atoms with Crippen molar-refractivity contribution >= 4 is 130 Å². The van der Waals surface area contributed by atoms with E-state index in [1.807, 2.05) is 0 Å². The Kier molecular flexibility index (Phi) is 15.5. The van der Waals surface area contributed by atoms with Crippen molar-refractivity contribution < 1.29 is 0 Å². The van der Waals surface area contributed by atoms with Gasteiger partial charge in [0.1, 0.15) is 0 Å². The fourth-order valence-corrected chi connectivity index (χ4v) is 22.6. The molecule has 6 nitrogen and oxygen atoms in total. The van der Waals surface area contributed by atoms with Gasteiger partial charge in [0.25, 0.3) is 0 Å². The monoisotopic (exact) mass is 1390 g/mol. The SMILES string of the molecule is c1ccc2c(c1)nc(C1CC(c3nc4ccccc4c4ccccc34)CC(C3CC(c4nc5ccccc5c5ccccc45)CC(C4CC(c5nc6ccccc6c6ccccc56)CC(C5CC(c6nc7ccccc7c7ccccc67)CC(c6nc7ccccc7c7ccccc67)C5)C4)C3)C1)c1ccccc12. The summed E-state index contributed by atoms with van der Waals surface area (Å²) in [5.41, 5.74) is 14.1. The summed E-state index contributed by atoms with van der Waals surface area (Å²) in [6, 6.07) is 109. The molecule has 4 saturated carbocycles. The number of hydrogen-bond acceptors (Lipinski definition) is 6. The summed E-state index contributed by atoms with van der Waals surface area (Å²) >= 11 is 0. The van der Waals surface area contributed by atoms with E-state index in [0.29, 0.717) is 35.5 Å². The van der Waals surface area contributed by atoms with Crippen LogP contribution in [0.25, 0.3) is 130 Å². The van der Waals surface area contributed by atoms with Crippen LogP contribution in [0.1, 0.15) is 147 Å². The Morgan fingerprint density at radius 2 is 0.259 bits per heavy atom. The van der Waals surface area contributed by atoms with Crippen molar-refractivity contribution in [3.05, 3.63) is 325 Å². The van der Waals surface area contributed by atoms with Gasteiger partial charge in [-0.25, -0.2) is 0 Å². The van der Waals surface area contributed by atoms with Gasteiger partial charge < -0.3 is 0 Å². The third-order valence-electron chi connectivity index (χ3n) is 27.2. The largest absolute Gasteiger partial charge is 0.252 e. The van der Waals surface area contributed by atoms with Crippen molar-refractivity contribution in [2.45, 2.75) is 113 Å². The van der Waals surface area contributed by atoms with E-state index in [9.17, 15) is 0 Å². The standard InChI is InChI=1S/C102H84N6/c1-7-37-85-73(25-1)79-31-13-19-43-91(79)103-97(85)67-51-61(49-63(53-67)65-55-69(99-87-39-9-3-27-75(87)81-33-15-21-45-93(81)105-99)59-70(56-65)100-88-40-10-4-28-76(88)82-34-16-22-46-94(82)106-100)62-50-64(54-68(52-62)98-86-38-8-2-26-74(86)80-32-14-20-44-92(80)104-98)66-57-71(101-89-41-11-5-29-77(89)83-35-17-23-47-95(83)107-101)60-72(58-66)102-90-42-12-6-30-78(90)84-36-18-24-48-96(84)108-102/h1-48,61-72H,49-60H2. The molecule has 4 fully saturated rings. The highest BCUT2D eigenvalue weighted by molar-refractivity contribution is 6.11. The summed E-state index contributed by atoms with van der Waals surface area (Å²) in [4.78, 5) is 35.3. The summed E-state index contributed by atoms with van der Waals surface area (Å²) in [6.07, 6.45) is 13.1. The maximum atomic E-state index is 5.96. The van der Waals surface area contributed by atoms with Crippen molar-refractivity contribution in [1.29, 1.82) is 0 Å². The van der Waals surface area contributed by atoms with Gasteiger partial charge in [-0.3, -0.25) is 29.9 Å². The highest BCUT2D eigenvalue weighted by Gasteiger charge is 2.48. The van der Waals surface area contributed by atoms with Crippen LogP contribution in [0.15, 0.2) is 291 Å². The van der Waals surface area contributed by atoms with E-state index in [-0.39, 0.29) is 35.5 Å². The van der Waals surface area contributed by atoms with Crippen molar-refractivity contribution in [3.8, 4) is 0 Å². The highest BCUT2D eigenvalue weighted by Crippen LogP contribution is 2.60. The molecular weight excluding hydrogens is 1310 g/mol. The van der Waals surface area contributed by atoms with Crippen LogP contribution in [-0.2, 0) is 0 Å². The zero-order valence-electron chi connectivity index (χ0n) is 60.8. The van der Waals surface area contributed by atoms with Crippen molar-refractivity contribution in [3.63, 3.8) is 0 Å². The van der Waals surface area contributed by atoms with E-state index in [2.05, 4.69) is 291 Å². The lowest BCUT2D eigenvalue weighted by Crippen LogP contribution is -2.38. The Morgan fingerprint density at radius 3 is 0.435 bits per heavy atom. The molecule has 0 radical (unpaired) electrons. The molecule has 0 saturated heterocycles. The van der Waals surface area contributed by atoms with Crippen LogP contribution in [0, 0.1) is 35.5 Å². The molecular formula is C102H84N6. The number of hydrogen-bond donors (Lipinski definition) is 0. The van der Waals surface area contributed by atoms with Gasteiger partial charge in [-0.15, -0.1) is 0 Å². The molecule has 4 aliphatic rings. The average molecular weight is 1390 g/mol. The van der Waals surface area contributed by atoms with Gasteiger partial charge in [-0.2, -0.15) is 0 Å². The summed E-state index contributed by atoms with van der Waals surface area (Å²) in [5, 5.41) is 23.0. The van der Waals surface area contributed by atoms with Crippen molar-refractivity contribution in [2.75, 3.05) is 0 Å². The molecule has 0 spiro atoms. The smallest absolute Gasteiger partial charge is 0.0711 e. The van der Waals surface area contributed by atoms with Crippen molar-refractivity contribution in [1.82, 2.24) is 29.9 Å². The molecule has 108 heavy (non-hydrogen) atoms. The lowest BCUT2D eigenvalue weighted by Gasteiger charge is -2.49. The van der Waals surface area contributed by atoms with E-state index in [0.717, 1.165) is 97.3 Å². The second-order valence-corrected chi connectivity index (χ2v) is 32.9. The van der Waals surface area contributed by atoms with E-state index >= 15 is 0 Å². The first-order valence-corrected chi connectivity index (χ1v) is 40.1. The Labute approximate surface area is 629 Å². The van der Waals surface area contributed by atoms with Crippen LogP contribution in [0.2, 0.25) is 0 Å². The fraction of sp³-hybridized carbons (Fsp3) is 0.235. The van der Waals surface area contributed by atoms with Crippen LogP contribution in [0.5, 0.6) is 0 Å². The number of aromatic nitrogens is 6. The summed E-state index contributed by atoms with van der Waals surface area (Å²) in [5.74, 6) is 3.74. The molecule has 10 unspecified atom stereocenters. The first kappa shape index (κ1) is 63.9. The molecule has 6 aromatic heterocycles. The van der Waals surface area contributed by atoms with Crippen LogP contribution < -0.4 is 0 Å². The van der Waals surface area contributed by atoms with Gasteiger partial charge >= 0.3 is 0 Å². The molecule has 12 aromatic carbocycles. The Morgan fingerprint density at radius 1 is 0.130 bits per heavy atom. The molecule has 522 valence electrons. The second-order valence-electron chi connectivity index (χ2n) is 32.9. The minimum atomic E-state index is 0.208. The molecule has 0 N–H and O–H groups in total. The Balaban J connectivity index is 0.724. The van der Waals surface area contributed by atoms with E-state index in [1.165, 1.54) is 144 Å². The fourth-order valence-electron chi connectivity index (χ4n) is 22.6. The van der Waals surface area contributed by atoms with Crippen LogP contribution >= 0.6 is 0 Å². The lowest BCUT2D eigenvalue weighted by molar-refractivity contribution is 0.0525. The zero-order chi connectivity index (χ0) is 70.9. The summed E-state index contributed by atoms with van der Waals surface area (Å²) in [7, 11) is 0.